The maximum atomic E-state index is 13.0. The smallest absolute Gasteiger partial charge is 0.255 e. The number of nitrogens with one attached hydrogen (secondary N) is 3. The van der Waals surface area contributed by atoms with E-state index in [0.717, 1.165) is 64.2 Å². The highest BCUT2D eigenvalue weighted by atomic mass is 16.1. The highest BCUT2D eigenvalue weighted by molar-refractivity contribution is 6.05. The molecule has 5 aromatic rings. The first kappa shape index (κ1) is 25.1. The molecule has 0 saturated heterocycles. The molecule has 6 heteroatoms. The first-order valence-corrected chi connectivity index (χ1v) is 12.9. The molecule has 0 spiro atoms. The maximum absolute atomic E-state index is 13.0. The van der Waals surface area contributed by atoms with Gasteiger partial charge >= 0.3 is 0 Å². The summed E-state index contributed by atoms with van der Waals surface area (Å²) < 4.78 is 0. The number of amides is 1. The van der Waals surface area contributed by atoms with E-state index in [4.69, 9.17) is 9.97 Å². The van der Waals surface area contributed by atoms with Gasteiger partial charge < -0.3 is 16.0 Å². The monoisotopic (exact) mass is 501 g/mol. The summed E-state index contributed by atoms with van der Waals surface area (Å²) in [5.74, 6) is 0.357. The van der Waals surface area contributed by atoms with Crippen LogP contribution < -0.4 is 16.0 Å². The molecule has 4 aromatic carbocycles. The van der Waals surface area contributed by atoms with Crippen molar-refractivity contribution < 1.29 is 4.79 Å². The fourth-order valence-corrected chi connectivity index (χ4v) is 4.30. The molecule has 6 nitrogen and oxygen atoms in total. The third-order valence-electron chi connectivity index (χ3n) is 6.36. The number of benzene rings is 4. The van der Waals surface area contributed by atoms with Gasteiger partial charge in [-0.1, -0.05) is 67.6 Å². The number of hydrogen-bond donors (Lipinski definition) is 3. The van der Waals surface area contributed by atoms with Crippen molar-refractivity contribution in [2.75, 3.05) is 17.2 Å². The summed E-state index contributed by atoms with van der Waals surface area (Å²) >= 11 is 0. The molecule has 0 aliphatic carbocycles. The van der Waals surface area contributed by atoms with Gasteiger partial charge in [0.15, 0.2) is 0 Å². The lowest BCUT2D eigenvalue weighted by Gasteiger charge is -2.12. The third kappa shape index (κ3) is 5.88. The average molecular weight is 502 g/mol. The van der Waals surface area contributed by atoms with Gasteiger partial charge in [-0.15, -0.1) is 0 Å². The lowest BCUT2D eigenvalue weighted by atomic mass is 10.1. The number of carbonyl (C=O) groups is 1. The van der Waals surface area contributed by atoms with Gasteiger partial charge in [0.05, 0.1) is 11.2 Å². The zero-order chi connectivity index (χ0) is 26.3. The van der Waals surface area contributed by atoms with Crippen LogP contribution in [0.5, 0.6) is 0 Å². The first-order valence-electron chi connectivity index (χ1n) is 12.9. The third-order valence-corrected chi connectivity index (χ3v) is 6.36. The molecule has 0 fully saturated rings. The number of fused-ring (bicyclic) bond motifs is 1. The van der Waals surface area contributed by atoms with Crippen LogP contribution in [0.3, 0.4) is 0 Å². The molecule has 1 amide bonds. The fraction of sp³-hybridized carbons (Fsp3) is 0.156. The Morgan fingerprint density at radius 1 is 0.842 bits per heavy atom. The number of anilines is 3. The molecular weight excluding hydrogens is 470 g/mol. The molecule has 5 rings (SSSR count). The SMILES string of the molecule is CCCNCc1ccc(C)c(NC(=O)c2ccc(Nc3nc(-c4ccccc4)c4ccccc4n3)cc2)c1. The fourth-order valence-electron chi connectivity index (χ4n) is 4.30. The lowest BCUT2D eigenvalue weighted by Crippen LogP contribution is -2.15. The van der Waals surface area contributed by atoms with Crippen molar-refractivity contribution in [3.8, 4) is 11.3 Å². The summed E-state index contributed by atoms with van der Waals surface area (Å²) in [6, 6.07) is 31.6. The molecule has 190 valence electrons. The molecular formula is C32H31N5O. The topological polar surface area (TPSA) is 78.9 Å². The molecule has 1 heterocycles. The summed E-state index contributed by atoms with van der Waals surface area (Å²) in [6.07, 6.45) is 1.08. The van der Waals surface area contributed by atoms with Crippen LogP contribution in [0.25, 0.3) is 22.2 Å². The molecule has 0 unspecified atom stereocenters. The van der Waals surface area contributed by atoms with E-state index < -0.39 is 0 Å². The van der Waals surface area contributed by atoms with E-state index in [0.29, 0.717) is 11.5 Å². The van der Waals surface area contributed by atoms with E-state index in [1.807, 2.05) is 85.8 Å². The minimum Gasteiger partial charge on any atom is -0.324 e. The van der Waals surface area contributed by atoms with Gasteiger partial charge in [-0.05, 0) is 67.4 Å². The summed E-state index contributed by atoms with van der Waals surface area (Å²) in [5, 5.41) is 10.8. The molecule has 0 saturated carbocycles. The number of nitrogens with zero attached hydrogens (tertiary/aromatic N) is 2. The number of aromatic nitrogens is 2. The van der Waals surface area contributed by atoms with Crippen LogP contribution >= 0.6 is 0 Å². The molecule has 1 aromatic heterocycles. The van der Waals surface area contributed by atoms with Crippen LogP contribution in [-0.4, -0.2) is 22.4 Å². The van der Waals surface area contributed by atoms with Gasteiger partial charge in [0.25, 0.3) is 5.91 Å². The Balaban J connectivity index is 1.32. The molecule has 0 bridgehead atoms. The number of para-hydroxylation sites is 1. The van der Waals surface area contributed by atoms with Gasteiger partial charge in [0.2, 0.25) is 5.95 Å². The summed E-state index contributed by atoms with van der Waals surface area (Å²) in [5.41, 5.74) is 7.14. The quantitative estimate of drug-likeness (QED) is 0.188. The van der Waals surface area contributed by atoms with Gasteiger partial charge in [-0.25, -0.2) is 9.97 Å². The van der Waals surface area contributed by atoms with Gasteiger partial charge in [-0.3, -0.25) is 4.79 Å². The van der Waals surface area contributed by atoms with E-state index in [2.05, 4.69) is 28.9 Å². The van der Waals surface area contributed by atoms with E-state index >= 15 is 0 Å². The van der Waals surface area contributed by atoms with Gasteiger partial charge in [0.1, 0.15) is 0 Å². The largest absolute Gasteiger partial charge is 0.324 e. The molecule has 0 aliphatic rings. The van der Waals surface area contributed by atoms with Crippen molar-refractivity contribution in [2.24, 2.45) is 0 Å². The minimum absolute atomic E-state index is 0.147. The van der Waals surface area contributed by atoms with Crippen molar-refractivity contribution >= 4 is 34.1 Å². The second kappa shape index (κ2) is 11.7. The lowest BCUT2D eigenvalue weighted by molar-refractivity contribution is 0.102. The van der Waals surface area contributed by atoms with Crippen LogP contribution in [-0.2, 0) is 6.54 Å². The summed E-state index contributed by atoms with van der Waals surface area (Å²) in [4.78, 5) is 22.5. The number of aryl methyl sites for hydroxylation is 1. The van der Waals surface area contributed by atoms with Crippen molar-refractivity contribution in [1.29, 1.82) is 0 Å². The molecule has 0 aliphatic heterocycles. The number of rotatable bonds is 9. The Morgan fingerprint density at radius 3 is 2.39 bits per heavy atom. The maximum Gasteiger partial charge on any atom is 0.255 e. The van der Waals surface area contributed by atoms with Crippen LogP contribution in [0.15, 0.2) is 97.1 Å². The Morgan fingerprint density at radius 2 is 1.61 bits per heavy atom. The standard InChI is InChI=1S/C32H31N5O/c1-3-19-33-21-23-14-13-22(2)29(20-23)35-31(38)25-15-17-26(18-16-25)34-32-36-28-12-8-7-11-27(28)30(37-32)24-9-5-4-6-10-24/h4-18,20,33H,3,19,21H2,1-2H3,(H,35,38)(H,34,36,37). The van der Waals surface area contributed by atoms with Crippen molar-refractivity contribution in [2.45, 2.75) is 26.8 Å². The first-order chi connectivity index (χ1) is 18.6. The number of carbonyl (C=O) groups excluding carboxylic acids is 1. The zero-order valence-corrected chi connectivity index (χ0v) is 21.7. The predicted octanol–water partition coefficient (Wildman–Crippen LogP) is 7.10. The van der Waals surface area contributed by atoms with Gasteiger partial charge in [-0.2, -0.15) is 0 Å². The Bertz CT molecular complexity index is 1550. The van der Waals surface area contributed by atoms with Crippen molar-refractivity contribution in [1.82, 2.24) is 15.3 Å². The van der Waals surface area contributed by atoms with E-state index in [1.165, 1.54) is 0 Å². The van der Waals surface area contributed by atoms with E-state index in [-0.39, 0.29) is 5.91 Å². The zero-order valence-electron chi connectivity index (χ0n) is 21.7. The van der Waals surface area contributed by atoms with Crippen molar-refractivity contribution in [3.05, 3.63) is 114 Å². The van der Waals surface area contributed by atoms with Crippen LogP contribution in [0, 0.1) is 6.92 Å². The Hall–Kier alpha value is -4.55. The van der Waals surface area contributed by atoms with Crippen LogP contribution in [0.4, 0.5) is 17.3 Å². The van der Waals surface area contributed by atoms with Crippen molar-refractivity contribution in [3.63, 3.8) is 0 Å². The summed E-state index contributed by atoms with van der Waals surface area (Å²) in [7, 11) is 0. The normalized spacial score (nSPS) is 10.9. The Kier molecular flexibility index (Phi) is 7.71. The number of hydrogen-bond acceptors (Lipinski definition) is 5. The highest BCUT2D eigenvalue weighted by Crippen LogP contribution is 2.28. The average Bonchev–Trinajstić information content (AvgIpc) is 2.95. The minimum atomic E-state index is -0.147. The van der Waals surface area contributed by atoms with E-state index in [1.54, 1.807) is 12.1 Å². The predicted molar refractivity (Wildman–Crippen MR) is 156 cm³/mol. The van der Waals surface area contributed by atoms with Crippen LogP contribution in [0.1, 0.15) is 34.8 Å². The molecule has 3 N–H and O–H groups in total. The van der Waals surface area contributed by atoms with Gasteiger partial charge in [0, 0.05) is 34.4 Å². The van der Waals surface area contributed by atoms with E-state index in [9.17, 15) is 4.79 Å². The second-order valence-corrected chi connectivity index (χ2v) is 9.26. The molecule has 0 radical (unpaired) electrons. The Labute approximate surface area is 223 Å². The highest BCUT2D eigenvalue weighted by Gasteiger charge is 2.12. The summed E-state index contributed by atoms with van der Waals surface area (Å²) in [6.45, 7) is 5.89. The molecule has 0 atom stereocenters. The molecule has 38 heavy (non-hydrogen) atoms. The van der Waals surface area contributed by atoms with Crippen LogP contribution in [0.2, 0.25) is 0 Å². The second-order valence-electron chi connectivity index (χ2n) is 9.26.